The summed E-state index contributed by atoms with van der Waals surface area (Å²) >= 11 is 0. The van der Waals surface area contributed by atoms with E-state index in [2.05, 4.69) is 57.2 Å². The SMILES string of the molecule is Cc1cc2c(cc1N(C)C)/C(=C\C(=O)C1CCCCCC1)NC(C)(C)C2. The van der Waals surface area contributed by atoms with E-state index in [0.717, 1.165) is 25.0 Å². The zero-order valence-electron chi connectivity index (χ0n) is 17.1. The summed E-state index contributed by atoms with van der Waals surface area (Å²) in [5.41, 5.74) is 6.03. The number of fused-ring (bicyclic) bond motifs is 1. The van der Waals surface area contributed by atoms with E-state index < -0.39 is 0 Å². The molecular formula is C23H34N2O. The topological polar surface area (TPSA) is 32.3 Å². The molecule has 2 aliphatic rings. The molecule has 1 fully saturated rings. The lowest BCUT2D eigenvalue weighted by molar-refractivity contribution is -0.118. The van der Waals surface area contributed by atoms with Crippen LogP contribution in [0.1, 0.15) is 69.1 Å². The second-order valence-electron chi connectivity index (χ2n) is 9.02. The van der Waals surface area contributed by atoms with Crippen LogP contribution in [0.15, 0.2) is 18.2 Å². The minimum atomic E-state index is -0.0331. The Bertz CT molecular complexity index is 707. The average molecular weight is 355 g/mol. The molecule has 0 amide bonds. The lowest BCUT2D eigenvalue weighted by Gasteiger charge is -2.36. The molecule has 1 aliphatic carbocycles. The Balaban J connectivity index is 1.98. The van der Waals surface area contributed by atoms with Gasteiger partial charge in [0.15, 0.2) is 5.78 Å². The minimum Gasteiger partial charge on any atom is -0.379 e. The van der Waals surface area contributed by atoms with Crippen molar-refractivity contribution in [3.63, 3.8) is 0 Å². The third-order valence-corrected chi connectivity index (χ3v) is 5.84. The van der Waals surface area contributed by atoms with E-state index in [0.29, 0.717) is 5.78 Å². The summed E-state index contributed by atoms with van der Waals surface area (Å²) in [6.45, 7) is 6.61. The summed E-state index contributed by atoms with van der Waals surface area (Å²) < 4.78 is 0. The maximum atomic E-state index is 13.0. The summed E-state index contributed by atoms with van der Waals surface area (Å²) in [6.07, 6.45) is 9.93. The van der Waals surface area contributed by atoms with E-state index in [9.17, 15) is 4.79 Å². The van der Waals surface area contributed by atoms with Crippen molar-refractivity contribution in [3.8, 4) is 0 Å². The lowest BCUT2D eigenvalue weighted by atomic mass is 9.83. The molecule has 26 heavy (non-hydrogen) atoms. The molecule has 142 valence electrons. The van der Waals surface area contributed by atoms with E-state index in [1.807, 2.05) is 6.08 Å². The van der Waals surface area contributed by atoms with Crippen LogP contribution >= 0.6 is 0 Å². The number of benzene rings is 1. The van der Waals surface area contributed by atoms with Crippen molar-refractivity contribution < 1.29 is 4.79 Å². The van der Waals surface area contributed by atoms with Crippen LogP contribution in [0, 0.1) is 12.8 Å². The fraction of sp³-hybridized carbons (Fsp3) is 0.609. The molecule has 0 atom stereocenters. The quantitative estimate of drug-likeness (QED) is 0.621. The van der Waals surface area contributed by atoms with Crippen LogP contribution in [-0.4, -0.2) is 25.4 Å². The second-order valence-corrected chi connectivity index (χ2v) is 9.02. The molecule has 1 saturated carbocycles. The summed E-state index contributed by atoms with van der Waals surface area (Å²) in [7, 11) is 4.16. The van der Waals surface area contributed by atoms with Crippen molar-refractivity contribution in [3.05, 3.63) is 34.9 Å². The van der Waals surface area contributed by atoms with E-state index >= 15 is 0 Å². The second kappa shape index (κ2) is 7.46. The van der Waals surface area contributed by atoms with Gasteiger partial charge in [-0.25, -0.2) is 0 Å². The number of carbonyl (C=O) groups excluding carboxylic acids is 1. The molecule has 0 bridgehead atoms. The van der Waals surface area contributed by atoms with Crippen molar-refractivity contribution >= 4 is 17.2 Å². The molecule has 1 aliphatic heterocycles. The van der Waals surface area contributed by atoms with Crippen molar-refractivity contribution in [1.82, 2.24) is 5.32 Å². The molecule has 0 saturated heterocycles. The number of carbonyl (C=O) groups is 1. The number of aryl methyl sites for hydroxylation is 1. The number of anilines is 1. The summed E-state index contributed by atoms with van der Waals surface area (Å²) in [4.78, 5) is 15.2. The van der Waals surface area contributed by atoms with Gasteiger partial charge in [0.25, 0.3) is 0 Å². The first-order valence-corrected chi connectivity index (χ1v) is 10.1. The molecule has 0 aromatic heterocycles. The monoisotopic (exact) mass is 354 g/mol. The van der Waals surface area contributed by atoms with Gasteiger partial charge in [-0.3, -0.25) is 4.79 Å². The summed E-state index contributed by atoms with van der Waals surface area (Å²) in [5.74, 6) is 0.518. The number of hydrogen-bond donors (Lipinski definition) is 1. The minimum absolute atomic E-state index is 0.0331. The fourth-order valence-electron chi connectivity index (χ4n) is 4.53. The number of ketones is 1. The Hall–Kier alpha value is -1.77. The van der Waals surface area contributed by atoms with E-state index in [1.54, 1.807) is 0 Å². The molecule has 3 rings (SSSR count). The number of nitrogens with one attached hydrogen (secondary N) is 1. The van der Waals surface area contributed by atoms with Crippen LogP contribution in [0.25, 0.3) is 5.70 Å². The standard InChI is InChI=1S/C23H34N2O/c1-16-12-18-15-23(2,3)24-20(19(18)13-21(16)25(4)5)14-22(26)17-10-8-6-7-9-11-17/h12-14,17,24H,6-11,15H2,1-5H3/b20-14+. The van der Waals surface area contributed by atoms with Crippen molar-refractivity contribution in [2.45, 2.75) is 71.3 Å². The smallest absolute Gasteiger partial charge is 0.160 e. The van der Waals surface area contributed by atoms with Crippen molar-refractivity contribution in [1.29, 1.82) is 0 Å². The van der Waals surface area contributed by atoms with Gasteiger partial charge in [-0.1, -0.05) is 31.7 Å². The first-order valence-electron chi connectivity index (χ1n) is 10.1. The maximum absolute atomic E-state index is 13.0. The largest absolute Gasteiger partial charge is 0.379 e. The van der Waals surface area contributed by atoms with Crippen LogP contribution in [0.3, 0.4) is 0 Å². The number of allylic oxidation sites excluding steroid dienone is 1. The predicted octanol–water partition coefficient (Wildman–Crippen LogP) is 4.87. The first-order chi connectivity index (χ1) is 12.3. The highest BCUT2D eigenvalue weighted by Gasteiger charge is 2.29. The van der Waals surface area contributed by atoms with Crippen molar-refractivity contribution in [2.24, 2.45) is 5.92 Å². The Morgan fingerprint density at radius 2 is 1.81 bits per heavy atom. The molecule has 3 nitrogen and oxygen atoms in total. The Labute approximate surface area is 158 Å². The molecule has 1 N–H and O–H groups in total. The zero-order valence-corrected chi connectivity index (χ0v) is 17.1. The Morgan fingerprint density at radius 1 is 1.15 bits per heavy atom. The number of rotatable bonds is 3. The number of hydrogen-bond acceptors (Lipinski definition) is 3. The number of nitrogens with zero attached hydrogens (tertiary/aromatic N) is 1. The Morgan fingerprint density at radius 3 is 2.42 bits per heavy atom. The van der Waals surface area contributed by atoms with Gasteiger partial charge in [0, 0.05) is 48.6 Å². The molecule has 0 unspecified atom stereocenters. The van der Waals surface area contributed by atoms with E-state index in [4.69, 9.17) is 0 Å². The van der Waals surface area contributed by atoms with Crippen molar-refractivity contribution in [2.75, 3.05) is 19.0 Å². The van der Waals surface area contributed by atoms with Crippen LogP contribution in [0.2, 0.25) is 0 Å². The van der Waals surface area contributed by atoms with Crippen LogP contribution in [0.4, 0.5) is 5.69 Å². The predicted molar refractivity (Wildman–Crippen MR) is 111 cm³/mol. The van der Waals surface area contributed by atoms with Gasteiger partial charge < -0.3 is 10.2 Å². The molecular weight excluding hydrogens is 320 g/mol. The Kier molecular flexibility index (Phi) is 5.45. The average Bonchev–Trinajstić information content (AvgIpc) is 2.82. The van der Waals surface area contributed by atoms with Gasteiger partial charge in [-0.05, 0) is 57.2 Å². The van der Waals surface area contributed by atoms with Gasteiger partial charge in [0.2, 0.25) is 0 Å². The zero-order chi connectivity index (χ0) is 18.9. The van der Waals surface area contributed by atoms with E-state index in [-0.39, 0.29) is 11.5 Å². The maximum Gasteiger partial charge on any atom is 0.160 e. The van der Waals surface area contributed by atoms with Crippen LogP contribution in [0.5, 0.6) is 0 Å². The normalized spacial score (nSPS) is 21.7. The van der Waals surface area contributed by atoms with Gasteiger partial charge in [0.05, 0.1) is 0 Å². The van der Waals surface area contributed by atoms with Gasteiger partial charge in [-0.2, -0.15) is 0 Å². The first kappa shape index (κ1) is 19.0. The summed E-state index contributed by atoms with van der Waals surface area (Å²) in [6, 6.07) is 4.55. The van der Waals surface area contributed by atoms with Gasteiger partial charge >= 0.3 is 0 Å². The summed E-state index contributed by atoms with van der Waals surface area (Å²) in [5, 5.41) is 3.64. The highest BCUT2D eigenvalue weighted by Crippen LogP contribution is 2.35. The van der Waals surface area contributed by atoms with Gasteiger partial charge in [-0.15, -0.1) is 0 Å². The van der Waals surface area contributed by atoms with Crippen LogP contribution < -0.4 is 10.2 Å². The molecule has 1 aromatic carbocycles. The molecule has 1 heterocycles. The third-order valence-electron chi connectivity index (χ3n) is 5.84. The third kappa shape index (κ3) is 4.13. The highest BCUT2D eigenvalue weighted by molar-refractivity contribution is 5.99. The lowest BCUT2D eigenvalue weighted by Crippen LogP contribution is -2.44. The van der Waals surface area contributed by atoms with Gasteiger partial charge in [0.1, 0.15) is 0 Å². The molecule has 0 spiro atoms. The van der Waals surface area contributed by atoms with Crippen LogP contribution in [-0.2, 0) is 11.2 Å². The fourth-order valence-corrected chi connectivity index (χ4v) is 4.53. The highest BCUT2D eigenvalue weighted by atomic mass is 16.1. The molecule has 3 heteroatoms. The molecule has 1 aromatic rings. The van der Waals surface area contributed by atoms with E-state index in [1.165, 1.54) is 48.1 Å². The molecule has 0 radical (unpaired) electrons.